The van der Waals surface area contributed by atoms with Crippen LogP contribution in [0.2, 0.25) is 0 Å². The van der Waals surface area contributed by atoms with Crippen LogP contribution in [0.4, 0.5) is 17.6 Å². The summed E-state index contributed by atoms with van der Waals surface area (Å²) in [4.78, 5) is 0. The highest BCUT2D eigenvalue weighted by Crippen LogP contribution is 2.40. The molecule has 0 amide bonds. The van der Waals surface area contributed by atoms with Gasteiger partial charge in [0.15, 0.2) is 0 Å². The van der Waals surface area contributed by atoms with Gasteiger partial charge in [0.25, 0.3) is 0 Å². The molecular weight excluding hydrogens is 380 g/mol. The van der Waals surface area contributed by atoms with Gasteiger partial charge in [0.1, 0.15) is 35.6 Å². The van der Waals surface area contributed by atoms with Crippen molar-refractivity contribution in [2.45, 2.75) is 70.8 Å². The Kier molecular flexibility index (Phi) is 7.57. The minimum atomic E-state index is -0.752. The van der Waals surface area contributed by atoms with Crippen LogP contribution >= 0.6 is 0 Å². The van der Waals surface area contributed by atoms with E-state index in [1.807, 2.05) is 0 Å². The molecule has 29 heavy (non-hydrogen) atoms. The Morgan fingerprint density at radius 3 is 2.07 bits per heavy atom. The van der Waals surface area contributed by atoms with E-state index < -0.39 is 29.9 Å². The van der Waals surface area contributed by atoms with Crippen LogP contribution in [0.15, 0.2) is 30.3 Å². The highest BCUT2D eigenvalue weighted by Gasteiger charge is 2.27. The topological polar surface area (TPSA) is 9.23 Å². The van der Waals surface area contributed by atoms with Gasteiger partial charge < -0.3 is 4.74 Å². The summed E-state index contributed by atoms with van der Waals surface area (Å²) < 4.78 is 61.9. The molecule has 2 aromatic carbocycles. The lowest BCUT2D eigenvalue weighted by Gasteiger charge is -2.29. The van der Waals surface area contributed by atoms with Gasteiger partial charge in [-0.05, 0) is 49.7 Å². The van der Waals surface area contributed by atoms with E-state index in [1.165, 1.54) is 31.7 Å². The summed E-state index contributed by atoms with van der Waals surface area (Å²) in [6, 6.07) is 5.71. The molecule has 0 aliphatic heterocycles. The molecule has 1 nitrogen and oxygen atoms in total. The van der Waals surface area contributed by atoms with E-state index in [0.29, 0.717) is 5.92 Å². The molecule has 158 valence electrons. The summed E-state index contributed by atoms with van der Waals surface area (Å²) in [6.07, 6.45) is 8.42. The summed E-state index contributed by atoms with van der Waals surface area (Å²) in [5.41, 5.74) is -0.153. The van der Waals surface area contributed by atoms with E-state index in [0.717, 1.165) is 49.9 Å². The van der Waals surface area contributed by atoms with E-state index in [2.05, 4.69) is 6.92 Å². The first-order valence-electron chi connectivity index (χ1n) is 10.5. The Labute approximate surface area is 170 Å². The second kappa shape index (κ2) is 10.1. The van der Waals surface area contributed by atoms with Crippen molar-refractivity contribution in [2.75, 3.05) is 0 Å². The number of ether oxygens (including phenoxy) is 1. The van der Waals surface area contributed by atoms with Crippen LogP contribution < -0.4 is 4.74 Å². The van der Waals surface area contributed by atoms with E-state index >= 15 is 0 Å². The molecule has 2 aromatic rings. The second-order valence-electron chi connectivity index (χ2n) is 8.00. The minimum absolute atomic E-state index is 0.0698. The Morgan fingerprint density at radius 1 is 0.862 bits per heavy atom. The lowest BCUT2D eigenvalue weighted by molar-refractivity contribution is 0.283. The molecule has 0 aromatic heterocycles. The minimum Gasteiger partial charge on any atom is -0.488 e. The highest BCUT2D eigenvalue weighted by atomic mass is 19.1. The van der Waals surface area contributed by atoms with Gasteiger partial charge >= 0.3 is 0 Å². The average molecular weight is 408 g/mol. The zero-order valence-corrected chi connectivity index (χ0v) is 16.8. The van der Waals surface area contributed by atoms with Crippen LogP contribution in [0.5, 0.6) is 5.75 Å². The summed E-state index contributed by atoms with van der Waals surface area (Å²) in [6.45, 7) is 1.75. The highest BCUT2D eigenvalue weighted by molar-refractivity contribution is 5.33. The monoisotopic (exact) mass is 408 g/mol. The Balaban J connectivity index is 1.63. The number of rotatable bonds is 8. The van der Waals surface area contributed by atoms with Crippen molar-refractivity contribution in [1.29, 1.82) is 0 Å². The zero-order valence-electron chi connectivity index (χ0n) is 16.8. The van der Waals surface area contributed by atoms with E-state index in [1.54, 1.807) is 0 Å². The fraction of sp³-hybridized carbons (Fsp3) is 0.500. The van der Waals surface area contributed by atoms with Crippen molar-refractivity contribution in [3.8, 4) is 5.75 Å². The van der Waals surface area contributed by atoms with Crippen LogP contribution in [0.25, 0.3) is 0 Å². The lowest BCUT2D eigenvalue weighted by Crippen LogP contribution is -2.16. The van der Waals surface area contributed by atoms with Crippen molar-refractivity contribution in [2.24, 2.45) is 5.92 Å². The van der Waals surface area contributed by atoms with Crippen LogP contribution in [0, 0.1) is 29.2 Å². The van der Waals surface area contributed by atoms with Gasteiger partial charge in [-0.15, -0.1) is 0 Å². The molecule has 0 heterocycles. The van der Waals surface area contributed by atoms with Gasteiger partial charge in [0.2, 0.25) is 0 Å². The predicted octanol–water partition coefficient (Wildman–Crippen LogP) is 7.68. The SMILES string of the molecule is CCCCCC1CCC(c2c(F)cc(OCc3c(F)cccc3F)cc2F)CC1. The van der Waals surface area contributed by atoms with Crippen molar-refractivity contribution >= 4 is 0 Å². The fourth-order valence-corrected chi connectivity index (χ4v) is 4.28. The van der Waals surface area contributed by atoms with E-state index in [9.17, 15) is 17.6 Å². The molecule has 0 bridgehead atoms. The van der Waals surface area contributed by atoms with E-state index in [4.69, 9.17) is 4.74 Å². The molecular formula is C24H28F4O. The molecule has 0 atom stereocenters. The first kappa shape index (κ1) is 21.7. The van der Waals surface area contributed by atoms with Crippen LogP contribution in [-0.4, -0.2) is 0 Å². The van der Waals surface area contributed by atoms with Crippen LogP contribution in [0.3, 0.4) is 0 Å². The second-order valence-corrected chi connectivity index (χ2v) is 8.00. The smallest absolute Gasteiger partial charge is 0.133 e. The predicted molar refractivity (Wildman–Crippen MR) is 106 cm³/mol. The first-order valence-corrected chi connectivity index (χ1v) is 10.5. The van der Waals surface area contributed by atoms with Crippen molar-refractivity contribution < 1.29 is 22.3 Å². The molecule has 0 spiro atoms. The molecule has 0 N–H and O–H groups in total. The first-order chi connectivity index (χ1) is 14.0. The maximum absolute atomic E-state index is 14.7. The number of halogens is 4. The summed E-state index contributed by atoms with van der Waals surface area (Å²) in [5.74, 6) is -2.35. The van der Waals surface area contributed by atoms with Gasteiger partial charge in [-0.1, -0.05) is 38.7 Å². The molecule has 1 fully saturated rings. The van der Waals surface area contributed by atoms with Crippen LogP contribution in [-0.2, 0) is 6.61 Å². The summed E-state index contributed by atoms with van der Waals surface area (Å²) in [5, 5.41) is 0. The molecule has 0 unspecified atom stereocenters. The average Bonchev–Trinajstić information content (AvgIpc) is 2.68. The Bertz CT molecular complexity index is 769. The molecule has 1 aliphatic carbocycles. The van der Waals surface area contributed by atoms with Gasteiger partial charge in [-0.2, -0.15) is 0 Å². The Morgan fingerprint density at radius 2 is 1.48 bits per heavy atom. The molecule has 0 saturated heterocycles. The fourth-order valence-electron chi connectivity index (χ4n) is 4.28. The third-order valence-electron chi connectivity index (χ3n) is 5.97. The third kappa shape index (κ3) is 5.52. The molecule has 0 radical (unpaired) electrons. The number of unbranched alkanes of at least 4 members (excludes halogenated alkanes) is 2. The van der Waals surface area contributed by atoms with Crippen molar-refractivity contribution in [3.63, 3.8) is 0 Å². The maximum Gasteiger partial charge on any atom is 0.133 e. The number of hydrogen-bond donors (Lipinski definition) is 0. The molecule has 1 aliphatic rings. The zero-order chi connectivity index (χ0) is 20.8. The van der Waals surface area contributed by atoms with Crippen molar-refractivity contribution in [3.05, 3.63) is 64.7 Å². The van der Waals surface area contributed by atoms with Gasteiger partial charge in [-0.25, -0.2) is 17.6 Å². The molecule has 3 rings (SSSR count). The van der Waals surface area contributed by atoms with Crippen LogP contribution in [0.1, 0.15) is 75.3 Å². The van der Waals surface area contributed by atoms with E-state index in [-0.39, 0.29) is 22.8 Å². The third-order valence-corrected chi connectivity index (χ3v) is 5.97. The number of benzene rings is 2. The normalized spacial score (nSPS) is 19.3. The number of hydrogen-bond acceptors (Lipinski definition) is 1. The van der Waals surface area contributed by atoms with Gasteiger partial charge in [-0.3, -0.25) is 0 Å². The van der Waals surface area contributed by atoms with Gasteiger partial charge in [0.05, 0.1) is 5.56 Å². The quantitative estimate of drug-likeness (QED) is 0.321. The maximum atomic E-state index is 14.7. The summed E-state index contributed by atoms with van der Waals surface area (Å²) >= 11 is 0. The standard InChI is InChI=1S/C24H28F4O/c1-2-3-4-6-16-9-11-17(12-10-16)24-22(27)13-18(14-23(24)28)29-15-19-20(25)7-5-8-21(19)26/h5,7-8,13-14,16-17H,2-4,6,9-12,15H2,1H3. The molecule has 5 heteroatoms. The Hall–Kier alpha value is -2.04. The molecule has 1 saturated carbocycles. The largest absolute Gasteiger partial charge is 0.488 e. The lowest BCUT2D eigenvalue weighted by atomic mass is 9.76. The van der Waals surface area contributed by atoms with Gasteiger partial charge in [0, 0.05) is 17.7 Å². The van der Waals surface area contributed by atoms with Crippen molar-refractivity contribution in [1.82, 2.24) is 0 Å². The summed E-state index contributed by atoms with van der Waals surface area (Å²) in [7, 11) is 0.